The second-order valence-electron chi connectivity index (χ2n) is 6.54. The first kappa shape index (κ1) is 13.6. The molecule has 4 saturated heterocycles. The highest BCUT2D eigenvalue weighted by atomic mass is 32.1. The first-order valence-corrected chi connectivity index (χ1v) is 8.84. The molecule has 6 nitrogen and oxygen atoms in total. The summed E-state index contributed by atoms with van der Waals surface area (Å²) >= 11 is 1.52. The third kappa shape index (κ3) is 2.03. The third-order valence-electron chi connectivity index (χ3n) is 5.26. The van der Waals surface area contributed by atoms with Crippen LogP contribution in [0.15, 0.2) is 28.1 Å². The van der Waals surface area contributed by atoms with Gasteiger partial charge in [-0.25, -0.2) is 14.7 Å². The molecule has 0 aliphatic carbocycles. The van der Waals surface area contributed by atoms with E-state index in [4.69, 9.17) is 9.15 Å². The summed E-state index contributed by atoms with van der Waals surface area (Å²) in [4.78, 5) is 20.7. The lowest BCUT2D eigenvalue weighted by Crippen LogP contribution is -2.61. The van der Waals surface area contributed by atoms with E-state index in [1.807, 2.05) is 17.5 Å². The topological polar surface area (TPSA) is 58.8 Å². The van der Waals surface area contributed by atoms with E-state index in [0.717, 1.165) is 37.5 Å². The van der Waals surface area contributed by atoms with Crippen LogP contribution in [0.5, 0.6) is 0 Å². The second kappa shape index (κ2) is 4.82. The summed E-state index contributed by atoms with van der Waals surface area (Å²) < 4.78 is 11.7. The van der Waals surface area contributed by atoms with E-state index in [-0.39, 0.29) is 11.7 Å². The lowest BCUT2D eigenvalue weighted by atomic mass is 9.75. The number of ether oxygens (including phenoxy) is 1. The van der Waals surface area contributed by atoms with Gasteiger partial charge in [-0.2, -0.15) is 0 Å². The van der Waals surface area contributed by atoms with Crippen LogP contribution in [0.1, 0.15) is 12.8 Å². The molecule has 2 aromatic heterocycles. The fraction of sp³-hybridized carbons (Fsp3) is 0.500. The summed E-state index contributed by atoms with van der Waals surface area (Å²) in [6.45, 7) is 3.68. The number of furan rings is 1. The van der Waals surface area contributed by atoms with Crippen molar-refractivity contribution >= 4 is 23.3 Å². The zero-order valence-corrected chi connectivity index (χ0v) is 13.4. The molecule has 2 bridgehead atoms. The van der Waals surface area contributed by atoms with Crippen molar-refractivity contribution in [2.45, 2.75) is 18.4 Å². The van der Waals surface area contributed by atoms with Crippen molar-refractivity contribution in [1.29, 1.82) is 0 Å². The van der Waals surface area contributed by atoms with E-state index in [2.05, 4.69) is 9.88 Å². The number of aromatic nitrogens is 1. The summed E-state index contributed by atoms with van der Waals surface area (Å²) in [6.07, 6.45) is 3.68. The normalized spacial score (nSPS) is 32.7. The zero-order chi connectivity index (χ0) is 15.4. The van der Waals surface area contributed by atoms with Crippen molar-refractivity contribution in [3.63, 3.8) is 0 Å². The molecule has 0 unspecified atom stereocenters. The summed E-state index contributed by atoms with van der Waals surface area (Å²) in [7, 11) is 0. The van der Waals surface area contributed by atoms with Crippen LogP contribution in [-0.2, 0) is 4.74 Å². The summed E-state index contributed by atoms with van der Waals surface area (Å²) in [5.41, 5.74) is -0.359. The Morgan fingerprint density at radius 2 is 2.13 bits per heavy atom. The fourth-order valence-electron chi connectivity index (χ4n) is 4.11. The summed E-state index contributed by atoms with van der Waals surface area (Å²) in [6, 6.07) is 3.70. The third-order valence-corrected chi connectivity index (χ3v) is 6.05. The Labute approximate surface area is 137 Å². The number of amides is 1. The lowest BCUT2D eigenvalue weighted by molar-refractivity contribution is -0.0881. The Morgan fingerprint density at radius 3 is 2.83 bits per heavy atom. The molecular weight excluding hydrogens is 314 g/mol. The van der Waals surface area contributed by atoms with Crippen molar-refractivity contribution in [2.75, 3.05) is 31.1 Å². The van der Waals surface area contributed by atoms with Gasteiger partial charge in [0.15, 0.2) is 10.8 Å². The van der Waals surface area contributed by atoms with Gasteiger partial charge in [0, 0.05) is 30.1 Å². The van der Waals surface area contributed by atoms with Crippen LogP contribution in [0.4, 0.5) is 10.7 Å². The molecule has 4 fully saturated rings. The molecule has 1 atom stereocenters. The van der Waals surface area contributed by atoms with Crippen LogP contribution >= 0.6 is 11.3 Å². The van der Waals surface area contributed by atoms with Gasteiger partial charge in [-0.05, 0) is 32.0 Å². The van der Waals surface area contributed by atoms with E-state index in [0.29, 0.717) is 24.1 Å². The van der Waals surface area contributed by atoms with Gasteiger partial charge >= 0.3 is 6.09 Å². The quantitative estimate of drug-likeness (QED) is 0.847. The fourth-order valence-corrected chi connectivity index (χ4v) is 4.71. The van der Waals surface area contributed by atoms with Crippen molar-refractivity contribution < 1.29 is 13.9 Å². The molecule has 1 spiro atoms. The molecular formula is C16H17N3O3S. The van der Waals surface area contributed by atoms with E-state index in [1.54, 1.807) is 11.1 Å². The number of fused-ring (bicyclic) bond motifs is 2. The molecule has 0 N–H and O–H groups in total. The van der Waals surface area contributed by atoms with E-state index in [9.17, 15) is 4.79 Å². The Balaban J connectivity index is 1.43. The number of nitrogens with zero attached hydrogens (tertiary/aromatic N) is 3. The maximum Gasteiger partial charge on any atom is 0.417 e. The van der Waals surface area contributed by atoms with Crippen LogP contribution in [-0.4, -0.2) is 47.8 Å². The van der Waals surface area contributed by atoms with E-state index >= 15 is 0 Å². The van der Waals surface area contributed by atoms with Gasteiger partial charge in [-0.3, -0.25) is 4.90 Å². The van der Waals surface area contributed by atoms with Crippen LogP contribution < -0.4 is 4.90 Å². The molecule has 0 aromatic carbocycles. The number of anilines is 1. The minimum Gasteiger partial charge on any atom is -0.439 e. The average molecular weight is 331 g/mol. The summed E-state index contributed by atoms with van der Waals surface area (Å²) in [5, 5.41) is 2.73. The van der Waals surface area contributed by atoms with E-state index in [1.165, 1.54) is 11.3 Å². The predicted molar refractivity (Wildman–Crippen MR) is 85.5 cm³/mol. The monoisotopic (exact) mass is 331 g/mol. The highest BCUT2D eigenvalue weighted by Gasteiger charge is 2.56. The Hall–Kier alpha value is -1.86. The maximum absolute atomic E-state index is 12.4. The number of carbonyl (C=O) groups excluding carboxylic acids is 1. The van der Waals surface area contributed by atoms with Gasteiger partial charge in [0.05, 0.1) is 6.54 Å². The number of thiazole rings is 1. The van der Waals surface area contributed by atoms with Gasteiger partial charge in [0.25, 0.3) is 0 Å². The Bertz CT molecular complexity index is 736. The van der Waals surface area contributed by atoms with Gasteiger partial charge in [0.1, 0.15) is 5.60 Å². The molecule has 0 radical (unpaired) electrons. The van der Waals surface area contributed by atoms with Gasteiger partial charge in [-0.1, -0.05) is 0 Å². The van der Waals surface area contributed by atoms with Crippen molar-refractivity contribution in [3.05, 3.63) is 23.7 Å². The molecule has 120 valence electrons. The highest BCUT2D eigenvalue weighted by molar-refractivity contribution is 7.13. The smallest absolute Gasteiger partial charge is 0.417 e. The van der Waals surface area contributed by atoms with Crippen LogP contribution in [0.25, 0.3) is 10.8 Å². The Kier molecular flexibility index (Phi) is 2.84. The van der Waals surface area contributed by atoms with Gasteiger partial charge in [0.2, 0.25) is 5.88 Å². The minimum atomic E-state index is -0.359. The van der Waals surface area contributed by atoms with Crippen LogP contribution in [0, 0.1) is 5.92 Å². The average Bonchev–Trinajstić information content (AvgIpc) is 3.28. The molecule has 0 saturated carbocycles. The van der Waals surface area contributed by atoms with Crippen molar-refractivity contribution in [2.24, 2.45) is 5.92 Å². The number of carbonyl (C=O) groups is 1. The molecule has 1 amide bonds. The molecule has 4 aliphatic rings. The summed E-state index contributed by atoms with van der Waals surface area (Å²) in [5.74, 6) is 1.71. The van der Waals surface area contributed by atoms with Gasteiger partial charge < -0.3 is 9.15 Å². The molecule has 7 heteroatoms. The first-order valence-electron chi connectivity index (χ1n) is 7.96. The molecule has 2 aromatic rings. The Morgan fingerprint density at radius 1 is 1.26 bits per heavy atom. The molecule has 23 heavy (non-hydrogen) atoms. The first-order chi connectivity index (χ1) is 11.2. The highest BCUT2D eigenvalue weighted by Crippen LogP contribution is 2.43. The van der Waals surface area contributed by atoms with Crippen LogP contribution in [0.3, 0.4) is 0 Å². The predicted octanol–water partition coefficient (Wildman–Crippen LogP) is 2.82. The lowest BCUT2D eigenvalue weighted by Gasteiger charge is -2.49. The largest absolute Gasteiger partial charge is 0.439 e. The van der Waals surface area contributed by atoms with Crippen molar-refractivity contribution in [1.82, 2.24) is 9.88 Å². The van der Waals surface area contributed by atoms with Crippen LogP contribution in [0.2, 0.25) is 0 Å². The number of piperidine rings is 3. The van der Waals surface area contributed by atoms with E-state index < -0.39 is 0 Å². The maximum atomic E-state index is 12.4. The van der Waals surface area contributed by atoms with Gasteiger partial charge in [-0.15, -0.1) is 11.3 Å². The number of hydrogen-bond acceptors (Lipinski definition) is 6. The SMILES string of the molecule is O=C1O[C@@]2(CN3CCC2CC3)CN1c1ccc(-c2nccs2)o1. The standard InChI is InChI=1S/C16H17N3O3S/c20-15-19(13-2-1-12(21-13)14-17-5-8-23-14)10-16(22-15)9-18-6-3-11(16)4-7-18/h1-2,5,8,11H,3-4,6-7,9-10H2/t16-/m0/s1. The molecule has 6 heterocycles. The zero-order valence-electron chi connectivity index (χ0n) is 12.6. The molecule has 4 aliphatic heterocycles. The second-order valence-corrected chi connectivity index (χ2v) is 7.44. The van der Waals surface area contributed by atoms with Crippen molar-refractivity contribution in [3.8, 4) is 10.8 Å². The molecule has 6 rings (SSSR count). The number of hydrogen-bond donors (Lipinski definition) is 0. The minimum absolute atomic E-state index is 0.293. The number of rotatable bonds is 2.